The van der Waals surface area contributed by atoms with Crippen LogP contribution in [0.25, 0.3) is 0 Å². The van der Waals surface area contributed by atoms with Crippen molar-refractivity contribution in [2.45, 2.75) is 69.5 Å². The SMILES string of the molecule is CCOc1ccc(N(CC(=O)N(Cc2ccccc2)C(CC)C(=O)NC2CCCC2)S(=O)(=O)c2ccc(F)cc2)cc1. The molecule has 8 nitrogen and oxygen atoms in total. The first-order chi connectivity index (χ1) is 20.2. The Balaban J connectivity index is 1.70. The van der Waals surface area contributed by atoms with Crippen LogP contribution < -0.4 is 14.4 Å². The molecule has 0 radical (unpaired) electrons. The molecule has 1 N–H and O–H groups in total. The first-order valence-electron chi connectivity index (χ1n) is 14.4. The summed E-state index contributed by atoms with van der Waals surface area (Å²) in [6, 6.07) is 19.4. The molecule has 42 heavy (non-hydrogen) atoms. The molecule has 1 fully saturated rings. The Morgan fingerprint density at radius 2 is 1.60 bits per heavy atom. The van der Waals surface area contributed by atoms with Gasteiger partial charge in [-0.25, -0.2) is 12.8 Å². The predicted molar refractivity (Wildman–Crippen MR) is 160 cm³/mol. The van der Waals surface area contributed by atoms with Crippen LogP contribution in [0.2, 0.25) is 0 Å². The van der Waals surface area contributed by atoms with Crippen LogP contribution in [-0.2, 0) is 26.2 Å². The van der Waals surface area contributed by atoms with Crippen LogP contribution in [-0.4, -0.2) is 50.4 Å². The zero-order valence-corrected chi connectivity index (χ0v) is 24.9. The Kier molecular flexibility index (Phi) is 10.6. The van der Waals surface area contributed by atoms with Crippen LogP contribution in [0.4, 0.5) is 10.1 Å². The topological polar surface area (TPSA) is 96.0 Å². The molecular weight excluding hydrogens is 557 g/mol. The van der Waals surface area contributed by atoms with E-state index >= 15 is 0 Å². The number of hydrogen-bond acceptors (Lipinski definition) is 5. The van der Waals surface area contributed by atoms with Crippen LogP contribution >= 0.6 is 0 Å². The molecule has 10 heteroatoms. The number of sulfonamides is 1. The number of rotatable bonds is 13. The minimum Gasteiger partial charge on any atom is -0.494 e. The van der Waals surface area contributed by atoms with Gasteiger partial charge in [0.05, 0.1) is 17.2 Å². The Bertz CT molecular complexity index is 1430. The quantitative estimate of drug-likeness (QED) is 0.290. The molecule has 3 aromatic carbocycles. The van der Waals surface area contributed by atoms with Crippen LogP contribution in [0.5, 0.6) is 5.75 Å². The van der Waals surface area contributed by atoms with Crippen molar-refractivity contribution in [3.05, 3.63) is 90.2 Å². The van der Waals surface area contributed by atoms with Crippen molar-refractivity contribution in [3.63, 3.8) is 0 Å². The monoisotopic (exact) mass is 595 g/mol. The lowest BCUT2D eigenvalue weighted by Crippen LogP contribution is -2.53. The number of anilines is 1. The lowest BCUT2D eigenvalue weighted by molar-refractivity contribution is -0.140. The number of hydrogen-bond donors (Lipinski definition) is 1. The Morgan fingerprint density at radius 1 is 0.952 bits per heavy atom. The van der Waals surface area contributed by atoms with Gasteiger partial charge in [0.1, 0.15) is 24.2 Å². The standard InChI is InChI=1S/C32H38FN3O5S/c1-3-30(32(38)34-26-12-8-9-13-26)35(22-24-10-6-5-7-11-24)31(37)23-36(27-16-18-28(19-17-27)41-4-2)42(39,40)29-20-14-25(33)15-21-29/h5-7,10-11,14-21,26,30H,3-4,8-9,12-13,22-23H2,1-2H3,(H,34,38). The summed E-state index contributed by atoms with van der Waals surface area (Å²) in [7, 11) is -4.29. The number of nitrogens with zero attached hydrogens (tertiary/aromatic N) is 2. The molecule has 3 aromatic rings. The van der Waals surface area contributed by atoms with Gasteiger partial charge in [-0.3, -0.25) is 13.9 Å². The molecule has 0 heterocycles. The minimum absolute atomic E-state index is 0.0689. The van der Waals surface area contributed by atoms with E-state index in [-0.39, 0.29) is 29.1 Å². The van der Waals surface area contributed by atoms with E-state index < -0.39 is 34.3 Å². The van der Waals surface area contributed by atoms with Crippen molar-refractivity contribution in [2.24, 2.45) is 0 Å². The lowest BCUT2D eigenvalue weighted by atomic mass is 10.1. The molecule has 0 spiro atoms. The van der Waals surface area contributed by atoms with Crippen molar-refractivity contribution >= 4 is 27.5 Å². The molecule has 1 saturated carbocycles. The highest BCUT2D eigenvalue weighted by Crippen LogP contribution is 2.27. The molecule has 2 amide bonds. The normalized spacial score (nSPS) is 14.3. The van der Waals surface area contributed by atoms with Gasteiger partial charge in [0.15, 0.2) is 0 Å². The van der Waals surface area contributed by atoms with Gasteiger partial charge in [-0.05, 0) is 80.3 Å². The number of ether oxygens (including phenoxy) is 1. The second-order valence-corrected chi connectivity index (χ2v) is 12.2. The fraction of sp³-hybridized carbons (Fsp3) is 0.375. The van der Waals surface area contributed by atoms with E-state index in [0.717, 1.165) is 47.7 Å². The highest BCUT2D eigenvalue weighted by atomic mass is 32.2. The van der Waals surface area contributed by atoms with E-state index in [4.69, 9.17) is 4.74 Å². The molecule has 0 saturated heterocycles. The zero-order valence-electron chi connectivity index (χ0n) is 24.0. The molecule has 0 bridgehead atoms. The van der Waals surface area contributed by atoms with Gasteiger partial charge in [-0.2, -0.15) is 0 Å². The van der Waals surface area contributed by atoms with Gasteiger partial charge in [-0.15, -0.1) is 0 Å². The van der Waals surface area contributed by atoms with E-state index in [1.54, 1.807) is 24.3 Å². The molecule has 0 aromatic heterocycles. The molecule has 4 rings (SSSR count). The highest BCUT2D eigenvalue weighted by Gasteiger charge is 2.34. The van der Waals surface area contributed by atoms with E-state index in [2.05, 4.69) is 5.32 Å². The van der Waals surface area contributed by atoms with Gasteiger partial charge in [0.25, 0.3) is 10.0 Å². The van der Waals surface area contributed by atoms with Crippen molar-refractivity contribution < 1.29 is 27.1 Å². The molecule has 1 atom stereocenters. The number of halogens is 1. The van der Waals surface area contributed by atoms with Crippen molar-refractivity contribution in [1.29, 1.82) is 0 Å². The number of amides is 2. The molecule has 1 aliphatic carbocycles. The Morgan fingerprint density at radius 3 is 2.19 bits per heavy atom. The van der Waals surface area contributed by atoms with Crippen LogP contribution in [0.3, 0.4) is 0 Å². The lowest BCUT2D eigenvalue weighted by Gasteiger charge is -2.33. The minimum atomic E-state index is -4.29. The molecule has 0 aliphatic heterocycles. The summed E-state index contributed by atoms with van der Waals surface area (Å²) in [5, 5.41) is 3.10. The van der Waals surface area contributed by atoms with E-state index in [0.29, 0.717) is 18.8 Å². The molecule has 224 valence electrons. The van der Waals surface area contributed by atoms with Gasteiger partial charge in [-0.1, -0.05) is 50.1 Å². The zero-order chi connectivity index (χ0) is 30.1. The fourth-order valence-corrected chi connectivity index (χ4v) is 6.62. The highest BCUT2D eigenvalue weighted by molar-refractivity contribution is 7.92. The fourth-order valence-electron chi connectivity index (χ4n) is 5.20. The third-order valence-electron chi connectivity index (χ3n) is 7.40. The predicted octanol–water partition coefficient (Wildman–Crippen LogP) is 5.29. The Labute approximate surface area is 247 Å². The summed E-state index contributed by atoms with van der Waals surface area (Å²) in [6.45, 7) is 3.68. The summed E-state index contributed by atoms with van der Waals surface area (Å²) < 4.78 is 48.0. The number of nitrogens with one attached hydrogen (secondary N) is 1. The number of benzene rings is 3. The largest absolute Gasteiger partial charge is 0.494 e. The van der Waals surface area contributed by atoms with Crippen molar-refractivity contribution in [3.8, 4) is 5.75 Å². The number of carbonyl (C=O) groups is 2. The smallest absolute Gasteiger partial charge is 0.264 e. The third kappa shape index (κ3) is 7.67. The first-order valence-corrected chi connectivity index (χ1v) is 15.8. The molecule has 1 unspecified atom stereocenters. The van der Waals surface area contributed by atoms with Gasteiger partial charge in [0.2, 0.25) is 11.8 Å². The van der Waals surface area contributed by atoms with Gasteiger partial charge >= 0.3 is 0 Å². The maximum Gasteiger partial charge on any atom is 0.264 e. The van der Waals surface area contributed by atoms with Crippen LogP contribution in [0, 0.1) is 5.82 Å². The van der Waals surface area contributed by atoms with E-state index in [9.17, 15) is 22.4 Å². The summed E-state index contributed by atoms with van der Waals surface area (Å²) >= 11 is 0. The van der Waals surface area contributed by atoms with Gasteiger partial charge < -0.3 is 15.0 Å². The Hall–Kier alpha value is -3.92. The second kappa shape index (κ2) is 14.3. The summed E-state index contributed by atoms with van der Waals surface area (Å²) in [4.78, 5) is 28.9. The van der Waals surface area contributed by atoms with Crippen molar-refractivity contribution in [2.75, 3.05) is 17.5 Å². The molecule has 1 aliphatic rings. The van der Waals surface area contributed by atoms with Crippen LogP contribution in [0.1, 0.15) is 51.5 Å². The maximum absolute atomic E-state index is 14.1. The maximum atomic E-state index is 14.1. The van der Waals surface area contributed by atoms with E-state index in [1.807, 2.05) is 44.2 Å². The average Bonchev–Trinajstić information content (AvgIpc) is 3.50. The van der Waals surface area contributed by atoms with Crippen molar-refractivity contribution in [1.82, 2.24) is 10.2 Å². The summed E-state index contributed by atoms with van der Waals surface area (Å²) in [5.41, 5.74) is 1.05. The summed E-state index contributed by atoms with van der Waals surface area (Å²) in [5.74, 6) is -0.813. The molecular formula is C32H38FN3O5S. The van der Waals surface area contributed by atoms with E-state index in [1.165, 1.54) is 17.0 Å². The summed E-state index contributed by atoms with van der Waals surface area (Å²) in [6.07, 6.45) is 4.25. The number of carbonyl (C=O) groups excluding carboxylic acids is 2. The average molecular weight is 596 g/mol. The van der Waals surface area contributed by atoms with Crippen LogP contribution in [0.15, 0.2) is 83.8 Å². The van der Waals surface area contributed by atoms with Gasteiger partial charge in [0, 0.05) is 12.6 Å². The first kappa shape index (κ1) is 31.0. The second-order valence-electron chi connectivity index (χ2n) is 10.3. The third-order valence-corrected chi connectivity index (χ3v) is 9.19.